The van der Waals surface area contributed by atoms with E-state index in [9.17, 15) is 18.0 Å². The van der Waals surface area contributed by atoms with Gasteiger partial charge in [-0.3, -0.25) is 5.32 Å². The van der Waals surface area contributed by atoms with Crippen molar-refractivity contribution in [3.05, 3.63) is 35.1 Å². The average molecular weight is 636 g/mol. The van der Waals surface area contributed by atoms with Crippen molar-refractivity contribution in [2.24, 2.45) is 5.73 Å². The van der Waals surface area contributed by atoms with Crippen LogP contribution in [0.2, 0.25) is 5.02 Å². The van der Waals surface area contributed by atoms with Crippen LogP contribution in [-0.4, -0.2) is 61.9 Å². The number of halogens is 4. The number of amides is 1. The monoisotopic (exact) mass is 635 g/mol. The van der Waals surface area contributed by atoms with Crippen molar-refractivity contribution in [3.63, 3.8) is 0 Å². The number of alkyl halides is 3. The maximum absolute atomic E-state index is 13.1. The molecule has 3 heterocycles. The SMILES string of the molecule is N[C@H]1CC[C@H](Nc2nc(NC3CCN(OC(=O)Nc4cc(C(F)(F)F)ccc4Cl)CC3)c3ncn(C4CCCC4)c3n2)CC1. The summed E-state index contributed by atoms with van der Waals surface area (Å²) >= 11 is 5.99. The lowest BCUT2D eigenvalue weighted by molar-refractivity contribution is -0.137. The molecule has 0 unspecified atom stereocenters. The van der Waals surface area contributed by atoms with Gasteiger partial charge in [-0.25, -0.2) is 9.78 Å². The van der Waals surface area contributed by atoms with Gasteiger partial charge in [0, 0.05) is 37.3 Å². The van der Waals surface area contributed by atoms with Gasteiger partial charge in [-0.05, 0) is 69.6 Å². The fraction of sp³-hybridized carbons (Fsp3) is 0.586. The second kappa shape index (κ2) is 12.9. The van der Waals surface area contributed by atoms with Crippen LogP contribution in [0, 0.1) is 0 Å². The Morgan fingerprint density at radius 1 is 0.977 bits per heavy atom. The number of carbonyl (C=O) groups is 1. The molecule has 15 heteroatoms. The lowest BCUT2D eigenvalue weighted by Gasteiger charge is -2.31. The first-order valence-electron chi connectivity index (χ1n) is 15.3. The molecule has 1 saturated heterocycles. The zero-order chi connectivity index (χ0) is 30.8. The van der Waals surface area contributed by atoms with Crippen LogP contribution in [0.25, 0.3) is 11.2 Å². The van der Waals surface area contributed by atoms with Gasteiger partial charge in [-0.2, -0.15) is 23.1 Å². The van der Waals surface area contributed by atoms with E-state index in [1.54, 1.807) is 0 Å². The van der Waals surface area contributed by atoms with Gasteiger partial charge in [0.15, 0.2) is 17.0 Å². The minimum absolute atomic E-state index is 0.0229. The molecule has 238 valence electrons. The highest BCUT2D eigenvalue weighted by Crippen LogP contribution is 2.35. The second-order valence-electron chi connectivity index (χ2n) is 12.0. The zero-order valence-electron chi connectivity index (χ0n) is 24.2. The van der Waals surface area contributed by atoms with Crippen molar-refractivity contribution < 1.29 is 22.8 Å². The second-order valence-corrected chi connectivity index (χ2v) is 12.4. The summed E-state index contributed by atoms with van der Waals surface area (Å²) in [5, 5.41) is 10.9. The van der Waals surface area contributed by atoms with E-state index in [1.165, 1.54) is 17.9 Å². The normalized spacial score (nSPS) is 22.3. The van der Waals surface area contributed by atoms with Crippen LogP contribution in [-0.2, 0) is 11.0 Å². The van der Waals surface area contributed by atoms with E-state index in [1.807, 2.05) is 6.33 Å². The number of hydroxylamine groups is 2. The number of nitrogens with one attached hydrogen (secondary N) is 3. The van der Waals surface area contributed by atoms with E-state index in [4.69, 9.17) is 37.1 Å². The Kier molecular flexibility index (Phi) is 9.01. The van der Waals surface area contributed by atoms with Crippen molar-refractivity contribution in [3.8, 4) is 0 Å². The number of imidazole rings is 1. The number of nitrogens with two attached hydrogens (primary N) is 1. The summed E-state index contributed by atoms with van der Waals surface area (Å²) in [5.41, 5.74) is 6.56. The van der Waals surface area contributed by atoms with E-state index >= 15 is 0 Å². The van der Waals surface area contributed by atoms with E-state index in [0.29, 0.717) is 43.7 Å². The molecule has 0 bridgehead atoms. The van der Waals surface area contributed by atoms with Gasteiger partial charge in [0.25, 0.3) is 0 Å². The summed E-state index contributed by atoms with van der Waals surface area (Å²) in [4.78, 5) is 32.3. The number of hydrogen-bond acceptors (Lipinski definition) is 9. The fourth-order valence-corrected chi connectivity index (χ4v) is 6.47. The summed E-state index contributed by atoms with van der Waals surface area (Å²) in [5.74, 6) is 1.24. The summed E-state index contributed by atoms with van der Waals surface area (Å²) in [6.45, 7) is 0.833. The predicted octanol–water partition coefficient (Wildman–Crippen LogP) is 6.34. The van der Waals surface area contributed by atoms with Gasteiger partial charge in [-0.1, -0.05) is 24.4 Å². The molecule has 44 heavy (non-hydrogen) atoms. The molecular weight excluding hydrogens is 599 g/mol. The van der Waals surface area contributed by atoms with Crippen LogP contribution < -0.4 is 21.7 Å². The Morgan fingerprint density at radius 2 is 1.68 bits per heavy atom. The molecule has 2 aliphatic carbocycles. The van der Waals surface area contributed by atoms with Gasteiger partial charge in [0.1, 0.15) is 0 Å². The first kappa shape index (κ1) is 30.7. The molecule has 1 amide bonds. The number of anilines is 3. The Hall–Kier alpha value is -3.36. The minimum Gasteiger partial charge on any atom is -0.365 e. The number of rotatable bonds is 7. The average Bonchev–Trinajstić information content (AvgIpc) is 3.66. The first-order chi connectivity index (χ1) is 21.1. The molecule has 0 radical (unpaired) electrons. The zero-order valence-corrected chi connectivity index (χ0v) is 25.0. The Morgan fingerprint density at radius 3 is 2.39 bits per heavy atom. The molecule has 1 aromatic carbocycles. The third-order valence-corrected chi connectivity index (χ3v) is 9.11. The van der Waals surface area contributed by atoms with Crippen molar-refractivity contribution in [2.75, 3.05) is 29.0 Å². The van der Waals surface area contributed by atoms with Gasteiger partial charge in [0.2, 0.25) is 5.95 Å². The van der Waals surface area contributed by atoms with Gasteiger partial charge in [0.05, 0.1) is 22.6 Å². The number of nitrogens with zero attached hydrogens (tertiary/aromatic N) is 5. The molecule has 1 aliphatic heterocycles. The lowest BCUT2D eigenvalue weighted by atomic mass is 9.92. The number of benzene rings is 1. The van der Waals surface area contributed by atoms with Crippen molar-refractivity contribution in [2.45, 2.75) is 94.6 Å². The highest BCUT2D eigenvalue weighted by Gasteiger charge is 2.32. The molecular formula is C29H37ClF3N9O2. The highest BCUT2D eigenvalue weighted by molar-refractivity contribution is 6.33. The van der Waals surface area contributed by atoms with E-state index < -0.39 is 17.8 Å². The van der Waals surface area contributed by atoms with Gasteiger partial charge >= 0.3 is 12.3 Å². The predicted molar refractivity (Wildman–Crippen MR) is 161 cm³/mol. The van der Waals surface area contributed by atoms with Crippen molar-refractivity contribution in [1.29, 1.82) is 0 Å². The largest absolute Gasteiger partial charge is 0.430 e. The smallest absolute Gasteiger partial charge is 0.365 e. The molecule has 5 N–H and O–H groups in total. The Bertz CT molecular complexity index is 1460. The standard InChI is InChI=1S/C29H37ClF3N9O2/c30-22-10-5-17(29(31,32)33)15-23(22)38-28(43)44-41-13-11-20(12-14-41)36-25-24-26(42(16-35-24)21-3-1-2-4-21)40-27(39-25)37-19-8-6-18(34)7-9-19/h5,10,15-16,18-21H,1-4,6-9,11-14,34H2,(H,38,43)(H2,36,37,39,40)/t18-,19-. The maximum atomic E-state index is 13.1. The molecule has 3 fully saturated rings. The summed E-state index contributed by atoms with van der Waals surface area (Å²) in [6.07, 6.45) is 6.14. The number of aromatic nitrogens is 4. The van der Waals surface area contributed by atoms with Gasteiger partial charge in [-0.15, -0.1) is 5.06 Å². The van der Waals surface area contributed by atoms with Crippen LogP contribution in [0.15, 0.2) is 24.5 Å². The lowest BCUT2D eigenvalue weighted by Crippen LogP contribution is -2.41. The number of fused-ring (bicyclic) bond motifs is 1. The topological polar surface area (TPSA) is 135 Å². The molecule has 3 aromatic rings. The third-order valence-electron chi connectivity index (χ3n) is 8.78. The fourth-order valence-electron chi connectivity index (χ4n) is 6.31. The van der Waals surface area contributed by atoms with Crippen molar-refractivity contribution >= 4 is 46.3 Å². The Labute approximate surface area is 258 Å². The van der Waals surface area contributed by atoms with Crippen LogP contribution in [0.4, 0.5) is 35.4 Å². The summed E-state index contributed by atoms with van der Waals surface area (Å²) in [7, 11) is 0. The molecule has 0 spiro atoms. The maximum Gasteiger partial charge on any atom is 0.430 e. The van der Waals surface area contributed by atoms with Crippen LogP contribution in [0.3, 0.4) is 0 Å². The summed E-state index contributed by atoms with van der Waals surface area (Å²) < 4.78 is 41.4. The molecule has 2 aromatic heterocycles. The van der Waals surface area contributed by atoms with Gasteiger partial charge < -0.3 is 25.8 Å². The highest BCUT2D eigenvalue weighted by atomic mass is 35.5. The third kappa shape index (κ3) is 7.13. The van der Waals surface area contributed by atoms with Crippen LogP contribution in [0.5, 0.6) is 0 Å². The molecule has 11 nitrogen and oxygen atoms in total. The van der Waals surface area contributed by atoms with Crippen LogP contribution in [0.1, 0.15) is 75.8 Å². The number of carbonyl (C=O) groups excluding carboxylic acids is 1. The molecule has 6 rings (SSSR count). The van der Waals surface area contributed by atoms with Crippen LogP contribution >= 0.6 is 11.6 Å². The molecule has 3 aliphatic rings. The first-order valence-corrected chi connectivity index (χ1v) is 15.6. The van der Waals surface area contributed by atoms with E-state index in [-0.39, 0.29) is 28.8 Å². The molecule has 0 atom stereocenters. The van der Waals surface area contributed by atoms with Crippen molar-refractivity contribution in [1.82, 2.24) is 24.6 Å². The van der Waals surface area contributed by atoms with E-state index in [2.05, 4.69) is 20.5 Å². The van der Waals surface area contributed by atoms with E-state index in [0.717, 1.165) is 67.9 Å². The Balaban J connectivity index is 1.10. The minimum atomic E-state index is -4.56. The number of hydrogen-bond donors (Lipinski definition) is 4. The molecule has 2 saturated carbocycles. The quantitative estimate of drug-likeness (QED) is 0.235. The summed E-state index contributed by atoms with van der Waals surface area (Å²) in [6, 6.07) is 3.64. The number of piperidine rings is 1.